The molecule has 0 bridgehead atoms. The average Bonchev–Trinajstić information content (AvgIpc) is 2.58. The minimum atomic E-state index is -0.0885. The van der Waals surface area contributed by atoms with Crippen molar-refractivity contribution in [1.82, 2.24) is 14.6 Å². The first-order valence-corrected chi connectivity index (χ1v) is 5.26. The number of carbonyl (C=O) groups is 1. The van der Waals surface area contributed by atoms with E-state index < -0.39 is 0 Å². The SMILES string of the molecule is CC(=O)c1ccc2nnc(C(C)(C)C)n2c1. The molecule has 0 radical (unpaired) electrons. The van der Waals surface area contributed by atoms with E-state index in [1.807, 2.05) is 10.5 Å². The molecule has 0 atom stereocenters. The maximum absolute atomic E-state index is 11.3. The molecule has 0 fully saturated rings. The summed E-state index contributed by atoms with van der Waals surface area (Å²) in [5, 5.41) is 8.26. The Labute approximate surface area is 94.3 Å². The summed E-state index contributed by atoms with van der Waals surface area (Å²) in [5.41, 5.74) is 1.36. The van der Waals surface area contributed by atoms with E-state index in [0.29, 0.717) is 5.56 Å². The van der Waals surface area contributed by atoms with Crippen molar-refractivity contribution in [2.24, 2.45) is 0 Å². The Hall–Kier alpha value is -1.71. The van der Waals surface area contributed by atoms with Gasteiger partial charge in [0.05, 0.1) is 0 Å². The van der Waals surface area contributed by atoms with Gasteiger partial charge in [0.15, 0.2) is 11.4 Å². The monoisotopic (exact) mass is 217 g/mol. The van der Waals surface area contributed by atoms with E-state index in [1.165, 1.54) is 0 Å². The van der Waals surface area contributed by atoms with Gasteiger partial charge in [-0.15, -0.1) is 10.2 Å². The maximum atomic E-state index is 11.3. The number of rotatable bonds is 1. The summed E-state index contributed by atoms with van der Waals surface area (Å²) in [5.74, 6) is 0.918. The Bertz CT molecular complexity index is 549. The van der Waals surface area contributed by atoms with Crippen LogP contribution in [0.3, 0.4) is 0 Å². The highest BCUT2D eigenvalue weighted by molar-refractivity contribution is 5.94. The molecule has 0 saturated heterocycles. The summed E-state index contributed by atoms with van der Waals surface area (Å²) in [6.45, 7) is 7.78. The predicted octanol–water partition coefficient (Wildman–Crippen LogP) is 2.23. The predicted molar refractivity (Wildman–Crippen MR) is 61.7 cm³/mol. The van der Waals surface area contributed by atoms with Gasteiger partial charge in [0.25, 0.3) is 0 Å². The second-order valence-corrected chi connectivity index (χ2v) is 4.98. The lowest BCUT2D eigenvalue weighted by Crippen LogP contribution is -2.16. The molecule has 4 heteroatoms. The van der Waals surface area contributed by atoms with Crippen molar-refractivity contribution in [2.45, 2.75) is 33.1 Å². The highest BCUT2D eigenvalue weighted by Crippen LogP contribution is 2.21. The number of fused-ring (bicyclic) bond motifs is 1. The molecule has 0 unspecified atom stereocenters. The topological polar surface area (TPSA) is 47.3 Å². The van der Waals surface area contributed by atoms with Gasteiger partial charge in [0.2, 0.25) is 0 Å². The van der Waals surface area contributed by atoms with Gasteiger partial charge in [-0.05, 0) is 19.1 Å². The second kappa shape index (κ2) is 3.40. The molecule has 0 spiro atoms. The van der Waals surface area contributed by atoms with Crippen LogP contribution in [0.15, 0.2) is 18.3 Å². The second-order valence-electron chi connectivity index (χ2n) is 4.98. The molecule has 0 N–H and O–H groups in total. The van der Waals surface area contributed by atoms with Crippen LogP contribution in [0.25, 0.3) is 5.65 Å². The molecular weight excluding hydrogens is 202 g/mol. The number of aromatic nitrogens is 3. The maximum Gasteiger partial charge on any atom is 0.161 e. The van der Waals surface area contributed by atoms with E-state index in [4.69, 9.17) is 0 Å². The van der Waals surface area contributed by atoms with Gasteiger partial charge in [-0.25, -0.2) is 0 Å². The lowest BCUT2D eigenvalue weighted by Gasteiger charge is -2.15. The van der Waals surface area contributed by atoms with Crippen molar-refractivity contribution >= 4 is 11.4 Å². The zero-order valence-electron chi connectivity index (χ0n) is 9.98. The van der Waals surface area contributed by atoms with E-state index >= 15 is 0 Å². The molecule has 16 heavy (non-hydrogen) atoms. The fourth-order valence-corrected chi connectivity index (χ4v) is 1.61. The molecule has 0 aliphatic carbocycles. The van der Waals surface area contributed by atoms with Crippen LogP contribution in [0.5, 0.6) is 0 Å². The molecule has 0 saturated carbocycles. The molecule has 2 heterocycles. The summed E-state index contributed by atoms with van der Waals surface area (Å²) in [4.78, 5) is 11.3. The van der Waals surface area contributed by atoms with Gasteiger partial charge in [0, 0.05) is 17.2 Å². The van der Waals surface area contributed by atoms with Gasteiger partial charge >= 0.3 is 0 Å². The van der Waals surface area contributed by atoms with Crippen LogP contribution >= 0.6 is 0 Å². The van der Waals surface area contributed by atoms with Gasteiger partial charge < -0.3 is 0 Å². The molecular formula is C12H15N3O. The Kier molecular flexibility index (Phi) is 2.30. The number of Topliss-reactive ketones (excluding diaryl/α,β-unsaturated/α-hetero) is 1. The first-order valence-electron chi connectivity index (χ1n) is 5.26. The minimum Gasteiger partial charge on any atom is -0.294 e. The molecule has 4 nitrogen and oxygen atoms in total. The Morgan fingerprint density at radius 1 is 1.25 bits per heavy atom. The number of hydrogen-bond acceptors (Lipinski definition) is 3. The molecule has 0 aliphatic rings. The van der Waals surface area contributed by atoms with Gasteiger partial charge in [-0.3, -0.25) is 9.20 Å². The number of hydrogen-bond donors (Lipinski definition) is 0. The molecule has 0 aromatic carbocycles. The highest BCUT2D eigenvalue weighted by Gasteiger charge is 2.20. The zero-order chi connectivity index (χ0) is 11.9. The summed E-state index contributed by atoms with van der Waals surface area (Å²) < 4.78 is 1.89. The average molecular weight is 217 g/mol. The Morgan fingerprint density at radius 2 is 1.94 bits per heavy atom. The van der Waals surface area contributed by atoms with E-state index in [1.54, 1.807) is 19.2 Å². The third-order valence-electron chi connectivity index (χ3n) is 2.48. The quantitative estimate of drug-likeness (QED) is 0.688. The molecule has 2 aromatic rings. The largest absolute Gasteiger partial charge is 0.294 e. The van der Waals surface area contributed by atoms with Crippen LogP contribution in [0.4, 0.5) is 0 Å². The Morgan fingerprint density at radius 3 is 2.50 bits per heavy atom. The molecule has 0 aliphatic heterocycles. The van der Waals surface area contributed by atoms with Gasteiger partial charge in [-0.2, -0.15) is 0 Å². The number of carbonyl (C=O) groups excluding carboxylic acids is 1. The first-order chi connectivity index (χ1) is 7.39. The van der Waals surface area contributed by atoms with Crippen molar-refractivity contribution in [1.29, 1.82) is 0 Å². The summed E-state index contributed by atoms with van der Waals surface area (Å²) >= 11 is 0. The van der Waals surface area contributed by atoms with Gasteiger partial charge in [0.1, 0.15) is 5.82 Å². The van der Waals surface area contributed by atoms with Crippen molar-refractivity contribution in [2.75, 3.05) is 0 Å². The van der Waals surface area contributed by atoms with Crippen molar-refractivity contribution < 1.29 is 4.79 Å². The summed E-state index contributed by atoms with van der Waals surface area (Å²) in [6, 6.07) is 3.60. The fraction of sp³-hybridized carbons (Fsp3) is 0.417. The van der Waals surface area contributed by atoms with Crippen molar-refractivity contribution in [3.8, 4) is 0 Å². The standard InChI is InChI=1S/C12H15N3O/c1-8(16)9-5-6-10-13-14-11(12(2,3)4)15(10)7-9/h5-7H,1-4H3. The molecule has 0 amide bonds. The fourth-order valence-electron chi connectivity index (χ4n) is 1.61. The molecule has 2 aromatic heterocycles. The van der Waals surface area contributed by atoms with Crippen LogP contribution in [-0.4, -0.2) is 20.4 Å². The van der Waals surface area contributed by atoms with Gasteiger partial charge in [-0.1, -0.05) is 20.8 Å². The van der Waals surface area contributed by atoms with Crippen LogP contribution in [0, 0.1) is 0 Å². The Balaban J connectivity index is 2.70. The van der Waals surface area contributed by atoms with Crippen LogP contribution in [0.1, 0.15) is 43.9 Å². The molecule has 84 valence electrons. The first kappa shape index (κ1) is 10.8. The van der Waals surface area contributed by atoms with E-state index in [9.17, 15) is 4.79 Å². The number of nitrogens with zero attached hydrogens (tertiary/aromatic N) is 3. The van der Waals surface area contributed by atoms with Crippen molar-refractivity contribution in [3.63, 3.8) is 0 Å². The van der Waals surface area contributed by atoms with Crippen LogP contribution in [-0.2, 0) is 5.41 Å². The summed E-state index contributed by atoms with van der Waals surface area (Å²) in [7, 11) is 0. The number of ketones is 1. The summed E-state index contributed by atoms with van der Waals surface area (Å²) in [6.07, 6.45) is 1.80. The van der Waals surface area contributed by atoms with E-state index in [0.717, 1.165) is 11.5 Å². The zero-order valence-corrected chi connectivity index (χ0v) is 9.98. The lowest BCUT2D eigenvalue weighted by molar-refractivity contribution is 0.101. The van der Waals surface area contributed by atoms with Crippen LogP contribution < -0.4 is 0 Å². The minimum absolute atomic E-state index is 0.0514. The molecule has 2 rings (SSSR count). The highest BCUT2D eigenvalue weighted by atomic mass is 16.1. The van der Waals surface area contributed by atoms with E-state index in [-0.39, 0.29) is 11.2 Å². The van der Waals surface area contributed by atoms with E-state index in [2.05, 4.69) is 31.0 Å². The van der Waals surface area contributed by atoms with Crippen LogP contribution in [0.2, 0.25) is 0 Å². The lowest BCUT2D eigenvalue weighted by atomic mass is 9.96. The third-order valence-corrected chi connectivity index (χ3v) is 2.48. The van der Waals surface area contributed by atoms with Crippen molar-refractivity contribution in [3.05, 3.63) is 29.7 Å². The smallest absolute Gasteiger partial charge is 0.161 e. The number of pyridine rings is 1. The third kappa shape index (κ3) is 1.71. The normalized spacial score (nSPS) is 12.0.